The Balaban J connectivity index is 1.57. The molecule has 0 unspecified atom stereocenters. The van der Waals surface area contributed by atoms with Crippen molar-refractivity contribution < 1.29 is 37.1 Å². The van der Waals surface area contributed by atoms with Gasteiger partial charge in [-0.3, -0.25) is 5.32 Å². The van der Waals surface area contributed by atoms with Gasteiger partial charge in [0.2, 0.25) is 17.7 Å². The smallest absolute Gasteiger partial charge is 0.437 e. The fourth-order valence-electron chi connectivity index (χ4n) is 5.02. The summed E-state index contributed by atoms with van der Waals surface area (Å²) in [5.41, 5.74) is -0.0365. The van der Waals surface area contributed by atoms with Crippen molar-refractivity contribution in [3.05, 3.63) is 46.9 Å². The van der Waals surface area contributed by atoms with Crippen LogP contribution in [0, 0.1) is 0 Å². The van der Waals surface area contributed by atoms with E-state index < -0.39 is 35.6 Å². The van der Waals surface area contributed by atoms with Crippen molar-refractivity contribution in [2.45, 2.75) is 90.0 Å². The van der Waals surface area contributed by atoms with Crippen molar-refractivity contribution in [2.24, 2.45) is 4.99 Å². The fraction of sp³-hybridized carbons (Fsp3) is 0.536. The summed E-state index contributed by atoms with van der Waals surface area (Å²) < 4.78 is 52.7. The van der Waals surface area contributed by atoms with Crippen LogP contribution in [-0.4, -0.2) is 50.4 Å². The Labute approximate surface area is 235 Å². The van der Waals surface area contributed by atoms with Gasteiger partial charge in [0.1, 0.15) is 11.6 Å². The molecule has 0 spiro atoms. The van der Waals surface area contributed by atoms with E-state index in [1.54, 1.807) is 26.8 Å². The van der Waals surface area contributed by atoms with Gasteiger partial charge in [-0.25, -0.2) is 9.59 Å². The van der Waals surface area contributed by atoms with E-state index in [1.807, 2.05) is 0 Å². The SMILES string of the molecule is CC(C)(C)OC(=O)N=C(NC(=O)O)N1CCC[C@H]1c1nc(-c2ccc(CCC3=CCCCC3)c(C(F)(F)F)c2)no1. The van der Waals surface area contributed by atoms with E-state index in [0.29, 0.717) is 25.8 Å². The summed E-state index contributed by atoms with van der Waals surface area (Å²) in [6, 6.07) is 3.38. The largest absolute Gasteiger partial charge is 0.465 e. The van der Waals surface area contributed by atoms with Gasteiger partial charge in [-0.05, 0) is 83.8 Å². The number of hydrogen-bond donors (Lipinski definition) is 2. The minimum absolute atomic E-state index is 0.0317. The average molecular weight is 578 g/mol. The van der Waals surface area contributed by atoms with Gasteiger partial charge in [0.25, 0.3) is 0 Å². The van der Waals surface area contributed by atoms with E-state index in [4.69, 9.17) is 9.26 Å². The highest BCUT2D eigenvalue weighted by Crippen LogP contribution is 2.37. The van der Waals surface area contributed by atoms with Crippen molar-refractivity contribution in [1.82, 2.24) is 20.4 Å². The van der Waals surface area contributed by atoms with E-state index in [-0.39, 0.29) is 35.2 Å². The lowest BCUT2D eigenvalue weighted by molar-refractivity contribution is -0.138. The zero-order chi connectivity index (χ0) is 29.8. The van der Waals surface area contributed by atoms with Gasteiger partial charge in [0.15, 0.2) is 0 Å². The second kappa shape index (κ2) is 12.3. The number of carboxylic acid groups (broad SMARTS) is 1. The van der Waals surface area contributed by atoms with Crippen LogP contribution in [0.4, 0.5) is 22.8 Å². The second-order valence-corrected chi connectivity index (χ2v) is 11.1. The predicted molar refractivity (Wildman–Crippen MR) is 143 cm³/mol. The highest BCUT2D eigenvalue weighted by molar-refractivity contribution is 5.98. The number of likely N-dealkylation sites (tertiary alicyclic amines) is 1. The molecule has 10 nitrogen and oxygen atoms in total. The Morgan fingerprint density at radius 1 is 1.20 bits per heavy atom. The number of alkyl halides is 3. The molecule has 1 aromatic heterocycles. The van der Waals surface area contributed by atoms with Crippen molar-refractivity contribution in [3.63, 3.8) is 0 Å². The molecule has 1 aliphatic heterocycles. The van der Waals surface area contributed by atoms with Crippen molar-refractivity contribution in [2.75, 3.05) is 6.54 Å². The van der Waals surface area contributed by atoms with Crippen LogP contribution in [-0.2, 0) is 17.3 Å². The number of carbonyl (C=O) groups excluding carboxylic acids is 1. The summed E-state index contributed by atoms with van der Waals surface area (Å²) >= 11 is 0. The Morgan fingerprint density at radius 3 is 2.63 bits per heavy atom. The van der Waals surface area contributed by atoms with Gasteiger partial charge in [0.05, 0.1) is 5.56 Å². The van der Waals surface area contributed by atoms with E-state index in [1.165, 1.54) is 16.5 Å². The Bertz CT molecular complexity index is 1330. The minimum Gasteiger partial charge on any atom is -0.465 e. The van der Waals surface area contributed by atoms with Gasteiger partial charge in [-0.2, -0.15) is 18.2 Å². The maximum Gasteiger partial charge on any atom is 0.437 e. The molecule has 13 heteroatoms. The lowest BCUT2D eigenvalue weighted by Gasteiger charge is -2.25. The average Bonchev–Trinajstić information content (AvgIpc) is 3.56. The number of guanidine groups is 1. The number of allylic oxidation sites excluding steroid dienone is 2. The van der Waals surface area contributed by atoms with Gasteiger partial charge >= 0.3 is 18.4 Å². The van der Waals surface area contributed by atoms with Crippen LogP contribution in [0.2, 0.25) is 0 Å². The molecule has 1 aliphatic carbocycles. The normalized spacial score (nSPS) is 18.3. The molecule has 1 atom stereocenters. The molecule has 0 saturated carbocycles. The number of nitrogens with one attached hydrogen (secondary N) is 1. The van der Waals surface area contributed by atoms with Gasteiger partial charge in [-0.15, -0.1) is 4.99 Å². The van der Waals surface area contributed by atoms with E-state index in [9.17, 15) is 27.9 Å². The second-order valence-electron chi connectivity index (χ2n) is 11.1. The van der Waals surface area contributed by atoms with Crippen LogP contribution in [0.25, 0.3) is 11.4 Å². The molecule has 1 fully saturated rings. The quantitative estimate of drug-likeness (QED) is 0.223. The third kappa shape index (κ3) is 8.08. The number of halogens is 3. The standard InChI is InChI=1S/C28H34F3N5O5/c1-27(2,3)40-26(39)34-24(33-25(37)38)36-15-7-10-21(36)23-32-22(35-41-23)19-14-13-18(20(16-19)28(29,30)31)12-11-17-8-5-4-6-9-17/h8,13-14,16,21H,4-7,9-12,15H2,1-3H3,(H,37,38)(H,33,34,39)/t21-/m0/s1. The number of nitrogens with zero attached hydrogens (tertiary/aromatic N) is 4. The number of aromatic nitrogens is 2. The third-order valence-electron chi connectivity index (χ3n) is 6.84. The monoisotopic (exact) mass is 577 g/mol. The fourth-order valence-corrected chi connectivity index (χ4v) is 5.02. The van der Waals surface area contributed by atoms with Crippen molar-refractivity contribution in [3.8, 4) is 11.4 Å². The molecule has 1 aromatic carbocycles. The van der Waals surface area contributed by atoms with Crippen LogP contribution < -0.4 is 5.32 Å². The summed E-state index contributed by atoms with van der Waals surface area (Å²) in [5, 5.41) is 15.3. The summed E-state index contributed by atoms with van der Waals surface area (Å²) in [5.74, 6) is -0.245. The number of carbonyl (C=O) groups is 2. The molecule has 2 heterocycles. The lowest BCUT2D eigenvalue weighted by atomic mass is 9.92. The molecule has 4 rings (SSSR count). The summed E-state index contributed by atoms with van der Waals surface area (Å²) in [7, 11) is 0. The summed E-state index contributed by atoms with van der Waals surface area (Å²) in [4.78, 5) is 33.3. The topological polar surface area (TPSA) is 130 Å². The molecule has 0 bridgehead atoms. The highest BCUT2D eigenvalue weighted by atomic mass is 19.4. The van der Waals surface area contributed by atoms with Crippen LogP contribution >= 0.6 is 0 Å². The maximum absolute atomic E-state index is 14.0. The number of benzene rings is 1. The lowest BCUT2D eigenvalue weighted by Crippen LogP contribution is -2.44. The van der Waals surface area contributed by atoms with E-state index in [0.717, 1.165) is 31.7 Å². The highest BCUT2D eigenvalue weighted by Gasteiger charge is 2.36. The Hall–Kier alpha value is -3.90. The first-order valence-electron chi connectivity index (χ1n) is 13.6. The van der Waals surface area contributed by atoms with Crippen LogP contribution in [0.5, 0.6) is 0 Å². The number of rotatable bonds is 5. The molecule has 1 saturated heterocycles. The molecular weight excluding hydrogens is 543 g/mol. The zero-order valence-corrected chi connectivity index (χ0v) is 23.3. The number of aryl methyl sites for hydroxylation is 1. The molecular formula is C28H34F3N5O5. The molecule has 222 valence electrons. The molecule has 0 radical (unpaired) electrons. The number of hydrogen-bond acceptors (Lipinski definition) is 6. The molecule has 2 N–H and O–H groups in total. The van der Waals surface area contributed by atoms with Crippen LogP contribution in [0.1, 0.15) is 88.8 Å². The Kier molecular flexibility index (Phi) is 9.03. The first-order valence-corrected chi connectivity index (χ1v) is 13.6. The van der Waals surface area contributed by atoms with Gasteiger partial charge in [-0.1, -0.05) is 28.9 Å². The van der Waals surface area contributed by atoms with Crippen LogP contribution in [0.15, 0.2) is 39.4 Å². The minimum atomic E-state index is -4.56. The molecule has 2 amide bonds. The van der Waals surface area contributed by atoms with Gasteiger partial charge in [0, 0.05) is 12.1 Å². The summed E-state index contributed by atoms with van der Waals surface area (Å²) in [6.07, 6.45) is 1.14. The van der Waals surface area contributed by atoms with Crippen molar-refractivity contribution in [1.29, 1.82) is 0 Å². The summed E-state index contributed by atoms with van der Waals surface area (Å²) in [6.45, 7) is 5.25. The molecule has 2 aliphatic rings. The Morgan fingerprint density at radius 2 is 1.98 bits per heavy atom. The number of aliphatic imine (C=N–C) groups is 1. The van der Waals surface area contributed by atoms with E-state index >= 15 is 0 Å². The van der Waals surface area contributed by atoms with Crippen LogP contribution in [0.3, 0.4) is 0 Å². The van der Waals surface area contributed by atoms with Crippen molar-refractivity contribution >= 4 is 18.1 Å². The first kappa shape index (κ1) is 30.1. The number of amides is 2. The zero-order valence-electron chi connectivity index (χ0n) is 23.3. The first-order chi connectivity index (χ1) is 19.3. The molecule has 41 heavy (non-hydrogen) atoms. The molecule has 2 aromatic rings. The van der Waals surface area contributed by atoms with Gasteiger partial charge < -0.3 is 19.3 Å². The maximum atomic E-state index is 14.0. The third-order valence-corrected chi connectivity index (χ3v) is 6.84. The van der Waals surface area contributed by atoms with E-state index in [2.05, 4.69) is 26.5 Å². The number of ether oxygens (including phenoxy) is 1. The predicted octanol–water partition coefficient (Wildman–Crippen LogP) is 6.88.